The highest BCUT2D eigenvalue weighted by Gasteiger charge is 2.24. The van der Waals surface area contributed by atoms with E-state index >= 15 is 0 Å². The Morgan fingerprint density at radius 2 is 1.73 bits per heavy atom. The zero-order valence-electron chi connectivity index (χ0n) is 18.2. The van der Waals surface area contributed by atoms with E-state index in [0.29, 0.717) is 40.9 Å². The molecule has 0 saturated heterocycles. The molecular weight excluding hydrogens is 488 g/mol. The highest BCUT2D eigenvalue weighted by atomic mass is 35.5. The fourth-order valence-electron chi connectivity index (χ4n) is 2.83. The van der Waals surface area contributed by atoms with Crippen LogP contribution in [0.2, 0.25) is 5.02 Å². The van der Waals surface area contributed by atoms with Crippen LogP contribution in [0.25, 0.3) is 0 Å². The molecule has 12 heteroatoms. The Balaban J connectivity index is 1.71. The van der Waals surface area contributed by atoms with Crippen LogP contribution in [-0.2, 0) is 10.0 Å². The van der Waals surface area contributed by atoms with E-state index in [0.717, 1.165) is 11.3 Å². The first-order valence-corrected chi connectivity index (χ1v) is 12.7. The average Bonchev–Trinajstić information content (AvgIpc) is 3.25. The number of carbonyl (C=O) groups is 1. The number of rotatable bonds is 10. The molecule has 1 heterocycles. The van der Waals surface area contributed by atoms with Crippen molar-refractivity contribution in [2.75, 3.05) is 18.5 Å². The molecule has 1 amide bonds. The van der Waals surface area contributed by atoms with Crippen molar-refractivity contribution in [2.24, 2.45) is 0 Å². The largest absolute Gasteiger partial charge is 0.490 e. The number of benzene rings is 2. The maximum Gasteiger partial charge on any atom is 0.270 e. The molecule has 3 aromatic rings. The van der Waals surface area contributed by atoms with Crippen molar-refractivity contribution in [3.05, 3.63) is 58.6 Å². The van der Waals surface area contributed by atoms with E-state index in [1.165, 1.54) is 0 Å². The van der Waals surface area contributed by atoms with Crippen LogP contribution < -0.4 is 19.5 Å². The van der Waals surface area contributed by atoms with Crippen molar-refractivity contribution in [1.29, 1.82) is 0 Å². The number of hydrogen-bond acceptors (Lipinski definition) is 8. The highest BCUT2D eigenvalue weighted by Crippen LogP contribution is 2.31. The molecule has 0 aliphatic carbocycles. The van der Waals surface area contributed by atoms with Gasteiger partial charge in [-0.1, -0.05) is 29.0 Å². The molecule has 176 valence electrons. The first kappa shape index (κ1) is 24.9. The number of aromatic nitrogens is 2. The number of sulfonamides is 1. The molecule has 0 fully saturated rings. The van der Waals surface area contributed by atoms with Crippen molar-refractivity contribution in [2.45, 2.75) is 31.2 Å². The monoisotopic (exact) mass is 510 g/mol. The summed E-state index contributed by atoms with van der Waals surface area (Å²) >= 11 is 6.57. The number of nitrogens with zero attached hydrogens (tertiary/aromatic N) is 2. The van der Waals surface area contributed by atoms with E-state index in [1.54, 1.807) is 49.4 Å². The van der Waals surface area contributed by atoms with Crippen molar-refractivity contribution < 1.29 is 22.7 Å². The molecule has 0 saturated carbocycles. The summed E-state index contributed by atoms with van der Waals surface area (Å²) in [5.74, 6) is 0.667. The molecule has 33 heavy (non-hydrogen) atoms. The Bertz CT molecular complexity index is 1220. The third-order valence-corrected chi connectivity index (χ3v) is 7.36. The van der Waals surface area contributed by atoms with Gasteiger partial charge in [0, 0.05) is 16.6 Å². The zero-order chi connectivity index (χ0) is 24.0. The van der Waals surface area contributed by atoms with Gasteiger partial charge in [0.15, 0.2) is 11.5 Å². The normalized spacial score (nSPS) is 12.2. The topological polar surface area (TPSA) is 120 Å². The Hall–Kier alpha value is -2.73. The van der Waals surface area contributed by atoms with Crippen LogP contribution in [0.4, 0.5) is 5.13 Å². The highest BCUT2D eigenvalue weighted by molar-refractivity contribution is 7.91. The van der Waals surface area contributed by atoms with Crippen molar-refractivity contribution >= 4 is 44.0 Å². The van der Waals surface area contributed by atoms with E-state index in [-0.39, 0.29) is 9.47 Å². The zero-order valence-corrected chi connectivity index (χ0v) is 20.6. The quantitative estimate of drug-likeness (QED) is 0.390. The standard InChI is InChI=1S/C21H23ClN4O5S2/c1-4-30-17-11-8-15(12-18(17)31-5-2)13(3)26-33(28,29)21-25-24-20(32-21)23-19(27)14-6-9-16(22)10-7-14/h6-13,26H,4-5H2,1-3H3,(H,23,24,27)/t13-/m0/s1. The van der Waals surface area contributed by atoms with Crippen molar-refractivity contribution in [3.8, 4) is 11.5 Å². The van der Waals surface area contributed by atoms with E-state index in [9.17, 15) is 13.2 Å². The molecule has 0 aliphatic rings. The fraction of sp³-hybridized carbons (Fsp3) is 0.286. The van der Waals surface area contributed by atoms with E-state index in [2.05, 4.69) is 20.2 Å². The summed E-state index contributed by atoms with van der Waals surface area (Å²) in [6.45, 7) is 6.35. The summed E-state index contributed by atoms with van der Waals surface area (Å²) in [6.07, 6.45) is 0. The second kappa shape index (κ2) is 10.9. The lowest BCUT2D eigenvalue weighted by atomic mass is 10.1. The molecule has 0 unspecified atom stereocenters. The maximum atomic E-state index is 12.8. The summed E-state index contributed by atoms with van der Waals surface area (Å²) in [5, 5.41) is 10.6. The van der Waals surface area contributed by atoms with Gasteiger partial charge < -0.3 is 9.47 Å². The van der Waals surface area contributed by atoms with Gasteiger partial charge in [0.1, 0.15) is 0 Å². The van der Waals surface area contributed by atoms with Gasteiger partial charge in [0.25, 0.3) is 15.9 Å². The third-order valence-electron chi connectivity index (χ3n) is 4.36. The molecule has 2 N–H and O–H groups in total. The first-order valence-electron chi connectivity index (χ1n) is 10.1. The summed E-state index contributed by atoms with van der Waals surface area (Å²) in [6, 6.07) is 10.9. The number of halogens is 1. The number of carbonyl (C=O) groups excluding carboxylic acids is 1. The van der Waals surface area contributed by atoms with Crippen LogP contribution in [0.1, 0.15) is 42.7 Å². The third kappa shape index (κ3) is 6.41. The van der Waals surface area contributed by atoms with Crippen molar-refractivity contribution in [3.63, 3.8) is 0 Å². The summed E-state index contributed by atoms with van der Waals surface area (Å²) in [5.41, 5.74) is 1.04. The number of nitrogens with one attached hydrogen (secondary N) is 2. The number of ether oxygens (including phenoxy) is 2. The van der Waals surface area contributed by atoms with Gasteiger partial charge in [0.05, 0.1) is 13.2 Å². The summed E-state index contributed by atoms with van der Waals surface area (Å²) < 4.78 is 39.1. The van der Waals surface area contributed by atoms with Gasteiger partial charge in [-0.2, -0.15) is 0 Å². The van der Waals surface area contributed by atoms with Crippen LogP contribution in [0.15, 0.2) is 46.8 Å². The van der Waals surface area contributed by atoms with Gasteiger partial charge in [0.2, 0.25) is 9.47 Å². The Kier molecular flexibility index (Phi) is 8.25. The number of amides is 1. The van der Waals surface area contributed by atoms with Crippen molar-refractivity contribution in [1.82, 2.24) is 14.9 Å². The van der Waals surface area contributed by atoms with Crippen LogP contribution in [-0.4, -0.2) is 37.7 Å². The SMILES string of the molecule is CCOc1ccc([C@H](C)NS(=O)(=O)c2nnc(NC(=O)c3ccc(Cl)cc3)s2)cc1OCC. The predicted molar refractivity (Wildman–Crippen MR) is 127 cm³/mol. The average molecular weight is 511 g/mol. The van der Waals surface area contributed by atoms with Crippen LogP contribution in [0, 0.1) is 0 Å². The summed E-state index contributed by atoms with van der Waals surface area (Å²) in [4.78, 5) is 12.3. The number of anilines is 1. The van der Waals surface area contributed by atoms with Crippen LogP contribution in [0.5, 0.6) is 11.5 Å². The van der Waals surface area contributed by atoms with Crippen LogP contribution >= 0.6 is 22.9 Å². The number of hydrogen-bond donors (Lipinski definition) is 2. The van der Waals surface area contributed by atoms with Gasteiger partial charge in [-0.25, -0.2) is 13.1 Å². The summed E-state index contributed by atoms with van der Waals surface area (Å²) in [7, 11) is -3.98. The molecule has 0 spiro atoms. The molecule has 3 rings (SSSR count). The lowest BCUT2D eigenvalue weighted by Gasteiger charge is -2.16. The molecule has 1 atom stereocenters. The van der Waals surface area contributed by atoms with Gasteiger partial charge in [-0.15, -0.1) is 10.2 Å². The second-order valence-corrected chi connectivity index (χ2v) is 10.1. The molecule has 9 nitrogen and oxygen atoms in total. The molecule has 0 bridgehead atoms. The lowest BCUT2D eigenvalue weighted by Crippen LogP contribution is -2.26. The van der Waals surface area contributed by atoms with Gasteiger partial charge in [-0.05, 0) is 62.7 Å². The second-order valence-electron chi connectivity index (χ2n) is 6.75. The Morgan fingerprint density at radius 1 is 1.06 bits per heavy atom. The molecule has 0 aliphatic heterocycles. The van der Waals surface area contributed by atoms with E-state index in [4.69, 9.17) is 21.1 Å². The fourth-order valence-corrected chi connectivity index (χ4v) is 5.10. The molecule has 1 aromatic heterocycles. The van der Waals surface area contributed by atoms with E-state index in [1.807, 2.05) is 13.8 Å². The minimum atomic E-state index is -3.98. The Morgan fingerprint density at radius 3 is 2.39 bits per heavy atom. The minimum Gasteiger partial charge on any atom is -0.490 e. The maximum absolute atomic E-state index is 12.8. The molecule has 2 aromatic carbocycles. The van der Waals surface area contributed by atoms with Gasteiger partial charge >= 0.3 is 0 Å². The smallest absolute Gasteiger partial charge is 0.270 e. The lowest BCUT2D eigenvalue weighted by molar-refractivity contribution is 0.102. The van der Waals surface area contributed by atoms with Gasteiger partial charge in [-0.3, -0.25) is 10.1 Å². The van der Waals surface area contributed by atoms with E-state index < -0.39 is 22.0 Å². The molecular formula is C21H23ClN4O5S2. The molecule has 0 radical (unpaired) electrons. The predicted octanol–water partition coefficient (Wildman–Crippen LogP) is 4.28. The minimum absolute atomic E-state index is 0.0580. The first-order chi connectivity index (χ1) is 15.7. The van der Waals surface area contributed by atoms with Crippen LogP contribution in [0.3, 0.4) is 0 Å². The Labute approximate surface area is 201 Å².